The summed E-state index contributed by atoms with van der Waals surface area (Å²) in [6.45, 7) is 13.1. The Labute approximate surface area is 213 Å². The van der Waals surface area contributed by atoms with Crippen molar-refractivity contribution in [3.05, 3.63) is 46.5 Å². The van der Waals surface area contributed by atoms with Crippen LogP contribution < -0.4 is 0 Å². The van der Waals surface area contributed by atoms with Gasteiger partial charge in [0.25, 0.3) is 0 Å². The largest absolute Gasteiger partial charge is 0.289 e. The fraction of sp³-hybridized carbons (Fsp3) is 0.677. The van der Waals surface area contributed by atoms with E-state index in [2.05, 4.69) is 34.6 Å². The highest BCUT2D eigenvalue weighted by molar-refractivity contribution is 6.26. The molecule has 1 aromatic carbocycles. The third kappa shape index (κ3) is 8.99. The first kappa shape index (κ1) is 29.5. The third-order valence-electron chi connectivity index (χ3n) is 7.89. The summed E-state index contributed by atoms with van der Waals surface area (Å²) in [5, 5.41) is 9.61. The molecule has 1 aromatic rings. The number of allylic oxidation sites excluding steroid dienone is 1. The number of hydrogen-bond donors (Lipinski definition) is 1. The van der Waals surface area contributed by atoms with Gasteiger partial charge in [-0.15, -0.1) is 0 Å². The number of carbonyl (C=O) groups is 2. The van der Waals surface area contributed by atoms with Crippen LogP contribution in [0.25, 0.3) is 0 Å². The topological polar surface area (TPSA) is 63.6 Å². The van der Waals surface area contributed by atoms with E-state index in [1.165, 1.54) is 38.5 Å². The maximum atomic E-state index is 13.0. The molecule has 196 valence electrons. The molecule has 0 aliphatic heterocycles. The van der Waals surface area contributed by atoms with Gasteiger partial charge in [-0.3, -0.25) is 14.8 Å². The third-order valence-corrected chi connectivity index (χ3v) is 7.89. The van der Waals surface area contributed by atoms with Gasteiger partial charge in [0, 0.05) is 28.7 Å². The van der Waals surface area contributed by atoms with E-state index < -0.39 is 6.10 Å². The van der Waals surface area contributed by atoms with Crippen molar-refractivity contribution < 1.29 is 19.7 Å². The molecule has 0 saturated heterocycles. The van der Waals surface area contributed by atoms with E-state index in [4.69, 9.17) is 4.89 Å². The van der Waals surface area contributed by atoms with Gasteiger partial charge in [-0.05, 0) is 37.0 Å². The van der Waals surface area contributed by atoms with Crippen LogP contribution in [0.4, 0.5) is 0 Å². The lowest BCUT2D eigenvalue weighted by molar-refractivity contribution is -0.288. The quantitative estimate of drug-likeness (QED) is 0.188. The van der Waals surface area contributed by atoms with Gasteiger partial charge in [0.05, 0.1) is 6.10 Å². The summed E-state index contributed by atoms with van der Waals surface area (Å²) in [6.07, 6.45) is 10.8. The standard InChI is InChI=1S/C31H48O4/c1-21(2)12-9-13-22(3)14-10-15-23(4)16-11-17-24(5)29(35-34)20-28-25(6)30(32)26-18-7-8-19-27(26)31(28)33/h7-8,18-19,21-24,29,34H,9-17,20H2,1-6H3. The molecule has 35 heavy (non-hydrogen) atoms. The molecule has 1 aliphatic rings. The Balaban J connectivity index is 1.76. The zero-order valence-corrected chi connectivity index (χ0v) is 22.9. The van der Waals surface area contributed by atoms with Crippen LogP contribution in [0.5, 0.6) is 0 Å². The van der Waals surface area contributed by atoms with Gasteiger partial charge in [0.2, 0.25) is 0 Å². The van der Waals surface area contributed by atoms with Gasteiger partial charge in [-0.1, -0.05) is 110 Å². The van der Waals surface area contributed by atoms with E-state index in [-0.39, 0.29) is 23.9 Å². The molecule has 1 N–H and O–H groups in total. The smallest absolute Gasteiger partial charge is 0.190 e. The van der Waals surface area contributed by atoms with Crippen molar-refractivity contribution in [2.75, 3.05) is 0 Å². The van der Waals surface area contributed by atoms with Crippen molar-refractivity contribution in [2.24, 2.45) is 23.7 Å². The predicted octanol–water partition coefficient (Wildman–Crippen LogP) is 8.71. The molecule has 0 heterocycles. The summed E-state index contributed by atoms with van der Waals surface area (Å²) in [5.74, 6) is 2.18. The van der Waals surface area contributed by atoms with Crippen molar-refractivity contribution in [3.63, 3.8) is 0 Å². The maximum absolute atomic E-state index is 13.0. The molecule has 4 unspecified atom stereocenters. The Bertz CT molecular complexity index is 853. The number of rotatable bonds is 16. The van der Waals surface area contributed by atoms with Crippen LogP contribution in [0.1, 0.15) is 126 Å². The highest BCUT2D eigenvalue weighted by atomic mass is 17.1. The molecule has 0 bridgehead atoms. The lowest BCUT2D eigenvalue weighted by Gasteiger charge is -2.25. The first-order chi connectivity index (χ1) is 16.6. The highest BCUT2D eigenvalue weighted by Crippen LogP contribution is 2.31. The molecule has 0 saturated carbocycles. The summed E-state index contributed by atoms with van der Waals surface area (Å²) < 4.78 is 0. The number of Topliss-reactive ketones (excluding diaryl/α,β-unsaturated/α-hetero) is 2. The summed E-state index contributed by atoms with van der Waals surface area (Å²) in [4.78, 5) is 30.6. The van der Waals surface area contributed by atoms with Crippen LogP contribution in [0.3, 0.4) is 0 Å². The van der Waals surface area contributed by atoms with Crippen molar-refractivity contribution in [1.82, 2.24) is 0 Å². The zero-order valence-electron chi connectivity index (χ0n) is 22.9. The van der Waals surface area contributed by atoms with E-state index in [0.29, 0.717) is 28.2 Å². The van der Waals surface area contributed by atoms with Gasteiger partial charge >= 0.3 is 0 Å². The molecule has 0 spiro atoms. The predicted molar refractivity (Wildman–Crippen MR) is 144 cm³/mol. The van der Waals surface area contributed by atoms with Crippen LogP contribution in [0.2, 0.25) is 0 Å². The van der Waals surface area contributed by atoms with E-state index in [1.54, 1.807) is 31.2 Å². The van der Waals surface area contributed by atoms with Gasteiger partial charge in [0.1, 0.15) is 0 Å². The number of carbonyl (C=O) groups excluding carboxylic acids is 2. The Morgan fingerprint density at radius 3 is 1.74 bits per heavy atom. The Kier molecular flexibility index (Phi) is 12.4. The first-order valence-corrected chi connectivity index (χ1v) is 13.8. The highest BCUT2D eigenvalue weighted by Gasteiger charge is 2.32. The maximum Gasteiger partial charge on any atom is 0.190 e. The molecule has 4 nitrogen and oxygen atoms in total. The average molecular weight is 485 g/mol. The second-order valence-electron chi connectivity index (χ2n) is 11.5. The molecule has 2 rings (SSSR count). The summed E-state index contributed by atoms with van der Waals surface area (Å²) >= 11 is 0. The fourth-order valence-electron chi connectivity index (χ4n) is 5.29. The van der Waals surface area contributed by atoms with Crippen LogP contribution >= 0.6 is 0 Å². The normalized spacial score (nSPS) is 17.5. The second kappa shape index (κ2) is 14.7. The minimum absolute atomic E-state index is 0.0913. The summed E-state index contributed by atoms with van der Waals surface area (Å²) in [5.41, 5.74) is 1.85. The lowest BCUT2D eigenvalue weighted by Crippen LogP contribution is -2.27. The molecule has 0 aromatic heterocycles. The first-order valence-electron chi connectivity index (χ1n) is 13.8. The minimum atomic E-state index is -0.496. The molecule has 0 amide bonds. The van der Waals surface area contributed by atoms with Crippen LogP contribution in [0, 0.1) is 23.7 Å². The number of ketones is 2. The lowest BCUT2D eigenvalue weighted by atomic mass is 9.80. The van der Waals surface area contributed by atoms with E-state index >= 15 is 0 Å². The van der Waals surface area contributed by atoms with Gasteiger partial charge < -0.3 is 0 Å². The van der Waals surface area contributed by atoms with Gasteiger partial charge in [0.15, 0.2) is 11.6 Å². The molecule has 0 fully saturated rings. The number of hydrogen-bond acceptors (Lipinski definition) is 4. The Morgan fingerprint density at radius 2 is 1.23 bits per heavy atom. The fourth-order valence-corrected chi connectivity index (χ4v) is 5.29. The van der Waals surface area contributed by atoms with Crippen LogP contribution in [-0.2, 0) is 4.89 Å². The molecule has 4 atom stereocenters. The number of benzene rings is 1. The van der Waals surface area contributed by atoms with E-state index in [0.717, 1.165) is 31.1 Å². The number of fused-ring (bicyclic) bond motifs is 1. The molecule has 0 radical (unpaired) electrons. The van der Waals surface area contributed by atoms with Gasteiger partial charge in [-0.25, -0.2) is 4.89 Å². The summed E-state index contributed by atoms with van der Waals surface area (Å²) in [7, 11) is 0. The molecule has 1 aliphatic carbocycles. The van der Waals surface area contributed by atoms with E-state index in [9.17, 15) is 14.8 Å². The molecule has 4 heteroatoms. The Hall–Kier alpha value is -1.78. The van der Waals surface area contributed by atoms with E-state index in [1.807, 2.05) is 0 Å². The summed E-state index contributed by atoms with van der Waals surface area (Å²) in [6, 6.07) is 6.96. The van der Waals surface area contributed by atoms with Crippen LogP contribution in [-0.4, -0.2) is 22.9 Å². The zero-order chi connectivity index (χ0) is 26.0. The SMILES string of the molecule is CC1=C(CC(OO)C(C)CCCC(C)CCCC(C)CCCC(C)C)C(=O)c2ccccc2C1=O. The molecular formula is C31H48O4. The monoisotopic (exact) mass is 484 g/mol. The van der Waals surface area contributed by atoms with Crippen LogP contribution in [0.15, 0.2) is 35.4 Å². The molecular weight excluding hydrogens is 436 g/mol. The second-order valence-corrected chi connectivity index (χ2v) is 11.5. The Morgan fingerprint density at radius 1 is 0.743 bits per heavy atom. The van der Waals surface area contributed by atoms with Crippen molar-refractivity contribution in [3.8, 4) is 0 Å². The van der Waals surface area contributed by atoms with Crippen molar-refractivity contribution in [2.45, 2.75) is 112 Å². The average Bonchev–Trinajstić information content (AvgIpc) is 2.82. The van der Waals surface area contributed by atoms with Crippen molar-refractivity contribution in [1.29, 1.82) is 0 Å². The van der Waals surface area contributed by atoms with Gasteiger partial charge in [-0.2, -0.15) is 0 Å². The van der Waals surface area contributed by atoms with Crippen molar-refractivity contribution >= 4 is 11.6 Å². The minimum Gasteiger partial charge on any atom is -0.289 e.